The van der Waals surface area contributed by atoms with E-state index in [-0.39, 0.29) is 18.2 Å². The minimum Gasteiger partial charge on any atom is -0.495 e. The summed E-state index contributed by atoms with van der Waals surface area (Å²) in [5.74, 6) is 0.827. The highest BCUT2D eigenvalue weighted by atomic mass is 32.1. The molecule has 0 aliphatic carbocycles. The van der Waals surface area contributed by atoms with Crippen LogP contribution in [0.2, 0.25) is 0 Å². The van der Waals surface area contributed by atoms with E-state index >= 15 is 0 Å². The first-order valence-electron chi connectivity index (χ1n) is 10.7. The van der Waals surface area contributed by atoms with E-state index in [1.165, 1.54) is 0 Å². The van der Waals surface area contributed by atoms with Gasteiger partial charge in [0, 0.05) is 31.2 Å². The summed E-state index contributed by atoms with van der Waals surface area (Å²) < 4.78 is 13.8. The number of ether oxygens (including phenoxy) is 2. The molecule has 0 spiro atoms. The first-order chi connectivity index (χ1) is 15.3. The fourth-order valence-corrected chi connectivity index (χ4v) is 4.93. The zero-order chi connectivity index (χ0) is 21.2. The lowest BCUT2D eigenvalue weighted by Crippen LogP contribution is -2.36. The number of hydrogen-bond donors (Lipinski definition) is 1. The van der Waals surface area contributed by atoms with E-state index in [4.69, 9.17) is 21.7 Å². The molecule has 0 bridgehead atoms. The normalized spacial score (nSPS) is 23.2. The summed E-state index contributed by atoms with van der Waals surface area (Å²) in [7, 11) is 1.70. The molecule has 0 amide bonds. The van der Waals surface area contributed by atoms with E-state index in [0.717, 1.165) is 53.9 Å². The molecule has 2 saturated heterocycles. The molecule has 3 atom stereocenters. The maximum Gasteiger partial charge on any atom is 0.170 e. The van der Waals surface area contributed by atoms with Gasteiger partial charge >= 0.3 is 0 Å². The van der Waals surface area contributed by atoms with Crippen molar-refractivity contribution in [2.24, 2.45) is 0 Å². The number of pyridine rings is 1. The first-order valence-corrected chi connectivity index (χ1v) is 11.1. The molecule has 1 aromatic carbocycles. The van der Waals surface area contributed by atoms with Crippen LogP contribution < -0.4 is 10.1 Å². The van der Waals surface area contributed by atoms with Gasteiger partial charge in [0.2, 0.25) is 0 Å². The van der Waals surface area contributed by atoms with Gasteiger partial charge in [-0.05, 0) is 61.5 Å². The highest BCUT2D eigenvalue weighted by molar-refractivity contribution is 7.80. The Labute approximate surface area is 187 Å². The van der Waals surface area contributed by atoms with Crippen molar-refractivity contribution in [1.82, 2.24) is 19.8 Å². The largest absolute Gasteiger partial charge is 0.495 e. The summed E-state index contributed by atoms with van der Waals surface area (Å²) in [5.41, 5.74) is 3.10. The molecule has 4 heterocycles. The minimum atomic E-state index is -0.0570. The molecule has 31 heavy (non-hydrogen) atoms. The van der Waals surface area contributed by atoms with Gasteiger partial charge in [-0.15, -0.1) is 0 Å². The van der Waals surface area contributed by atoms with E-state index in [1.54, 1.807) is 7.11 Å². The van der Waals surface area contributed by atoms with E-state index in [1.807, 2.05) is 36.5 Å². The van der Waals surface area contributed by atoms with E-state index < -0.39 is 0 Å². The number of rotatable bonds is 6. The number of benzene rings is 1. The van der Waals surface area contributed by atoms with E-state index in [2.05, 4.69) is 50.2 Å². The van der Waals surface area contributed by atoms with Crippen molar-refractivity contribution >= 4 is 17.3 Å². The Balaban J connectivity index is 1.59. The Morgan fingerprint density at radius 2 is 2.03 bits per heavy atom. The summed E-state index contributed by atoms with van der Waals surface area (Å²) in [6, 6.07) is 18.2. The Hall–Kier alpha value is -2.90. The lowest BCUT2D eigenvalue weighted by atomic mass is 10.0. The third-order valence-corrected chi connectivity index (χ3v) is 6.40. The summed E-state index contributed by atoms with van der Waals surface area (Å²) in [6.07, 6.45) is 6.27. The van der Waals surface area contributed by atoms with Gasteiger partial charge in [-0.25, -0.2) is 0 Å². The van der Waals surface area contributed by atoms with Crippen molar-refractivity contribution in [3.05, 3.63) is 78.4 Å². The molecular weight excluding hydrogens is 408 g/mol. The second-order valence-electron chi connectivity index (χ2n) is 7.89. The van der Waals surface area contributed by atoms with Gasteiger partial charge in [-0.1, -0.05) is 18.2 Å². The zero-order valence-electron chi connectivity index (χ0n) is 17.5. The fraction of sp³-hybridized carbons (Fsp3) is 0.333. The van der Waals surface area contributed by atoms with Gasteiger partial charge < -0.3 is 24.3 Å². The van der Waals surface area contributed by atoms with Gasteiger partial charge in [0.25, 0.3) is 0 Å². The maximum atomic E-state index is 5.95. The second kappa shape index (κ2) is 8.69. The lowest BCUT2D eigenvalue weighted by Gasteiger charge is -2.30. The van der Waals surface area contributed by atoms with Crippen molar-refractivity contribution < 1.29 is 9.47 Å². The van der Waals surface area contributed by atoms with Crippen LogP contribution in [0.3, 0.4) is 0 Å². The molecule has 1 N–H and O–H groups in total. The molecule has 5 rings (SSSR count). The van der Waals surface area contributed by atoms with Crippen LogP contribution >= 0.6 is 12.2 Å². The smallest absolute Gasteiger partial charge is 0.170 e. The van der Waals surface area contributed by atoms with Gasteiger partial charge in [-0.3, -0.25) is 4.98 Å². The molecule has 2 aliphatic heterocycles. The number of nitrogens with zero attached hydrogens (tertiary/aromatic N) is 3. The molecule has 160 valence electrons. The Morgan fingerprint density at radius 3 is 2.81 bits per heavy atom. The predicted molar refractivity (Wildman–Crippen MR) is 123 cm³/mol. The second-order valence-corrected chi connectivity index (χ2v) is 8.28. The van der Waals surface area contributed by atoms with Crippen molar-refractivity contribution in [1.29, 1.82) is 0 Å². The van der Waals surface area contributed by atoms with Crippen LogP contribution in [0.5, 0.6) is 5.75 Å². The molecule has 2 fully saturated rings. The standard InChI is InChI=1S/C24H26N4O2S/c1-29-21-12-3-2-10-19(21)27-14-6-11-20(27)23-22(18-9-4-5-13-25-18)26-24(31)28(23)16-17-8-7-15-30-17/h2-6,9-14,17,22-23H,7-8,15-16H2,1H3,(H,26,31)/t17-,22-,23-/m1/s1. The van der Waals surface area contributed by atoms with Crippen LogP contribution in [0.4, 0.5) is 0 Å². The highest BCUT2D eigenvalue weighted by Gasteiger charge is 2.42. The molecule has 3 aromatic rings. The third-order valence-electron chi connectivity index (χ3n) is 6.05. The highest BCUT2D eigenvalue weighted by Crippen LogP contribution is 2.41. The van der Waals surface area contributed by atoms with Crippen molar-refractivity contribution in [2.45, 2.75) is 31.0 Å². The molecular formula is C24H26N4O2S. The van der Waals surface area contributed by atoms with Crippen LogP contribution in [-0.4, -0.2) is 45.9 Å². The number of thiocarbonyl (C=S) groups is 1. The van der Waals surface area contributed by atoms with E-state index in [0.29, 0.717) is 0 Å². The number of para-hydroxylation sites is 2. The number of nitrogens with one attached hydrogen (secondary N) is 1. The monoisotopic (exact) mass is 434 g/mol. The summed E-state index contributed by atoms with van der Waals surface area (Å²) in [5, 5.41) is 4.27. The fourth-order valence-electron chi connectivity index (χ4n) is 4.61. The zero-order valence-corrected chi connectivity index (χ0v) is 18.3. The van der Waals surface area contributed by atoms with Crippen LogP contribution in [-0.2, 0) is 4.74 Å². The quantitative estimate of drug-likeness (QED) is 0.591. The maximum absolute atomic E-state index is 5.95. The molecule has 7 heteroatoms. The van der Waals surface area contributed by atoms with Gasteiger partial charge in [0.05, 0.1) is 36.7 Å². The van der Waals surface area contributed by atoms with E-state index in [9.17, 15) is 0 Å². The molecule has 0 radical (unpaired) electrons. The van der Waals surface area contributed by atoms with Crippen LogP contribution in [0.15, 0.2) is 67.0 Å². The minimum absolute atomic E-state index is 0.0217. The predicted octanol–water partition coefficient (Wildman–Crippen LogP) is 4.03. The van der Waals surface area contributed by atoms with Gasteiger partial charge in [0.15, 0.2) is 5.11 Å². The Morgan fingerprint density at radius 1 is 1.16 bits per heavy atom. The number of hydrogen-bond acceptors (Lipinski definition) is 4. The van der Waals surface area contributed by atoms with Gasteiger partial charge in [-0.2, -0.15) is 0 Å². The molecule has 2 aliphatic rings. The topological polar surface area (TPSA) is 51.5 Å². The number of methoxy groups -OCH3 is 1. The van der Waals surface area contributed by atoms with Crippen LogP contribution in [0.25, 0.3) is 5.69 Å². The third kappa shape index (κ3) is 3.79. The Kier molecular flexibility index (Phi) is 5.61. The van der Waals surface area contributed by atoms with Crippen molar-refractivity contribution in [3.63, 3.8) is 0 Å². The van der Waals surface area contributed by atoms with Crippen molar-refractivity contribution in [2.75, 3.05) is 20.3 Å². The summed E-state index contributed by atoms with van der Waals surface area (Å²) in [6.45, 7) is 1.58. The SMILES string of the molecule is COc1ccccc1-n1cccc1[C@@H]1[C@@H](c2ccccn2)NC(=S)N1C[C@H]1CCCO1. The molecule has 6 nitrogen and oxygen atoms in total. The average molecular weight is 435 g/mol. The van der Waals surface area contributed by atoms with Crippen LogP contribution in [0.1, 0.15) is 36.3 Å². The van der Waals surface area contributed by atoms with Gasteiger partial charge in [0.1, 0.15) is 5.75 Å². The molecule has 2 aromatic heterocycles. The van der Waals surface area contributed by atoms with Crippen molar-refractivity contribution in [3.8, 4) is 11.4 Å². The summed E-state index contributed by atoms with van der Waals surface area (Å²) in [4.78, 5) is 6.91. The molecule has 0 unspecified atom stereocenters. The summed E-state index contributed by atoms with van der Waals surface area (Å²) >= 11 is 5.81. The Bertz CT molecular complexity index is 1050. The lowest BCUT2D eigenvalue weighted by molar-refractivity contribution is 0.0836. The van der Waals surface area contributed by atoms with Crippen LogP contribution in [0, 0.1) is 0 Å². The average Bonchev–Trinajstić information content (AvgIpc) is 3.56. The molecule has 0 saturated carbocycles. The number of aromatic nitrogens is 2. The first kappa shape index (κ1) is 20.0.